The molecule has 0 aliphatic carbocycles. The SMILES string of the molecule is Cn1c(=O)c2c(nc(NCc3ccccc3)n2CC(=O)N=Nc2c(O)[nH]c3ccccc23)n(C)c1=O. The summed E-state index contributed by atoms with van der Waals surface area (Å²) in [5.74, 6) is -0.668. The van der Waals surface area contributed by atoms with Gasteiger partial charge in [0.25, 0.3) is 11.5 Å². The Morgan fingerprint density at radius 2 is 1.78 bits per heavy atom. The number of hydrogen-bond acceptors (Lipinski definition) is 7. The van der Waals surface area contributed by atoms with Crippen molar-refractivity contribution in [2.75, 3.05) is 5.32 Å². The Morgan fingerprint density at radius 3 is 2.56 bits per heavy atom. The van der Waals surface area contributed by atoms with Gasteiger partial charge in [-0.05, 0) is 11.6 Å². The molecule has 3 aromatic heterocycles. The van der Waals surface area contributed by atoms with E-state index in [0.29, 0.717) is 17.4 Å². The number of rotatable bonds is 6. The van der Waals surface area contributed by atoms with E-state index in [1.54, 1.807) is 24.3 Å². The Bertz CT molecular complexity index is 1760. The first kappa shape index (κ1) is 22.8. The topological polar surface area (TPSA) is 152 Å². The summed E-state index contributed by atoms with van der Waals surface area (Å²) in [5.41, 5.74) is 0.828. The molecule has 0 aliphatic rings. The fraction of sp³-hybridized carbons (Fsp3) is 0.167. The Balaban J connectivity index is 1.53. The van der Waals surface area contributed by atoms with Crippen molar-refractivity contribution in [3.63, 3.8) is 0 Å². The highest BCUT2D eigenvalue weighted by Gasteiger charge is 2.21. The second-order valence-corrected chi connectivity index (χ2v) is 8.20. The molecule has 3 N–H and O–H groups in total. The lowest BCUT2D eigenvalue weighted by atomic mass is 10.2. The molecule has 0 spiro atoms. The Morgan fingerprint density at radius 1 is 1.06 bits per heavy atom. The molecule has 36 heavy (non-hydrogen) atoms. The number of amides is 1. The molecule has 0 atom stereocenters. The van der Waals surface area contributed by atoms with Gasteiger partial charge in [0.1, 0.15) is 6.54 Å². The minimum absolute atomic E-state index is 0.0775. The molecule has 0 fully saturated rings. The van der Waals surface area contributed by atoms with Gasteiger partial charge in [-0.1, -0.05) is 48.5 Å². The molecule has 182 valence electrons. The number of H-pyrrole nitrogens is 1. The van der Waals surface area contributed by atoms with Crippen LogP contribution < -0.4 is 16.6 Å². The lowest BCUT2D eigenvalue weighted by Gasteiger charge is -2.09. The molecule has 0 unspecified atom stereocenters. The van der Waals surface area contributed by atoms with Gasteiger partial charge in [-0.25, -0.2) is 4.79 Å². The van der Waals surface area contributed by atoms with Crippen LogP contribution in [-0.4, -0.2) is 34.7 Å². The number of azo groups is 1. The number of benzene rings is 2. The van der Waals surface area contributed by atoms with E-state index in [2.05, 4.69) is 25.5 Å². The maximum absolute atomic E-state index is 13.0. The zero-order valence-electron chi connectivity index (χ0n) is 19.5. The first-order chi connectivity index (χ1) is 17.3. The number of fused-ring (bicyclic) bond motifs is 2. The van der Waals surface area contributed by atoms with Gasteiger partial charge in [-0.3, -0.25) is 23.3 Å². The smallest absolute Gasteiger partial charge is 0.332 e. The minimum atomic E-state index is -0.683. The molecule has 0 radical (unpaired) electrons. The second-order valence-electron chi connectivity index (χ2n) is 8.20. The summed E-state index contributed by atoms with van der Waals surface area (Å²) in [6.07, 6.45) is 0. The zero-order valence-corrected chi connectivity index (χ0v) is 19.5. The van der Waals surface area contributed by atoms with Crippen molar-refractivity contribution in [3.05, 3.63) is 81.0 Å². The number of aromatic nitrogens is 5. The molecule has 5 aromatic rings. The molecule has 0 saturated carbocycles. The van der Waals surface area contributed by atoms with Crippen LogP contribution >= 0.6 is 0 Å². The summed E-state index contributed by atoms with van der Waals surface area (Å²) >= 11 is 0. The van der Waals surface area contributed by atoms with Crippen molar-refractivity contribution in [2.24, 2.45) is 24.3 Å². The summed E-state index contributed by atoms with van der Waals surface area (Å²) in [6.45, 7) is 0.00499. The van der Waals surface area contributed by atoms with Crippen molar-refractivity contribution in [1.29, 1.82) is 0 Å². The van der Waals surface area contributed by atoms with Gasteiger partial charge in [-0.2, -0.15) is 4.98 Å². The van der Waals surface area contributed by atoms with E-state index in [0.717, 1.165) is 10.1 Å². The molecule has 0 aliphatic heterocycles. The third-order valence-electron chi connectivity index (χ3n) is 5.86. The number of para-hydroxylation sites is 1. The number of carbonyl (C=O) groups is 1. The zero-order chi connectivity index (χ0) is 25.4. The highest BCUT2D eigenvalue weighted by Crippen LogP contribution is 2.35. The predicted octanol–water partition coefficient (Wildman–Crippen LogP) is 2.54. The third-order valence-corrected chi connectivity index (χ3v) is 5.86. The van der Waals surface area contributed by atoms with E-state index < -0.39 is 17.2 Å². The highest BCUT2D eigenvalue weighted by molar-refractivity contribution is 5.94. The average Bonchev–Trinajstić information content (AvgIpc) is 3.41. The predicted molar refractivity (Wildman–Crippen MR) is 133 cm³/mol. The number of aromatic hydroxyl groups is 1. The number of anilines is 1. The van der Waals surface area contributed by atoms with Crippen molar-refractivity contribution >= 4 is 39.6 Å². The van der Waals surface area contributed by atoms with E-state index in [9.17, 15) is 19.5 Å². The van der Waals surface area contributed by atoms with E-state index in [1.165, 1.54) is 23.2 Å². The Hall–Kier alpha value is -5.00. The van der Waals surface area contributed by atoms with Crippen LogP contribution in [0.25, 0.3) is 22.1 Å². The number of hydrogen-bond donors (Lipinski definition) is 3. The molecule has 1 amide bonds. The number of carbonyl (C=O) groups excluding carboxylic acids is 1. The van der Waals surface area contributed by atoms with Gasteiger partial charge < -0.3 is 15.4 Å². The first-order valence-corrected chi connectivity index (χ1v) is 11.0. The van der Waals surface area contributed by atoms with Crippen LogP contribution in [0, 0.1) is 0 Å². The maximum Gasteiger partial charge on any atom is 0.332 e. The van der Waals surface area contributed by atoms with Crippen LogP contribution in [0.5, 0.6) is 5.88 Å². The van der Waals surface area contributed by atoms with Gasteiger partial charge in [0.2, 0.25) is 11.8 Å². The molecule has 5 rings (SSSR count). The minimum Gasteiger partial charge on any atom is -0.493 e. The van der Waals surface area contributed by atoms with Crippen molar-refractivity contribution < 1.29 is 9.90 Å². The summed E-state index contributed by atoms with van der Waals surface area (Å²) in [5, 5.41) is 21.6. The van der Waals surface area contributed by atoms with E-state index in [1.807, 2.05) is 30.3 Å². The number of nitrogens with zero attached hydrogens (tertiary/aromatic N) is 6. The normalized spacial score (nSPS) is 11.6. The second kappa shape index (κ2) is 8.98. The van der Waals surface area contributed by atoms with Gasteiger partial charge >= 0.3 is 5.69 Å². The van der Waals surface area contributed by atoms with Crippen LogP contribution in [-0.2, 0) is 32.0 Å². The van der Waals surface area contributed by atoms with E-state index in [4.69, 9.17) is 0 Å². The molecule has 0 saturated heterocycles. The number of nitrogens with one attached hydrogen (secondary N) is 2. The largest absolute Gasteiger partial charge is 0.493 e. The quantitative estimate of drug-likeness (QED) is 0.314. The summed E-state index contributed by atoms with van der Waals surface area (Å²) in [6, 6.07) is 16.6. The van der Waals surface area contributed by atoms with Crippen LogP contribution in [0.1, 0.15) is 5.56 Å². The van der Waals surface area contributed by atoms with Crippen molar-refractivity contribution in [1.82, 2.24) is 23.7 Å². The molecule has 0 bridgehead atoms. The van der Waals surface area contributed by atoms with E-state index in [-0.39, 0.29) is 35.2 Å². The molecule has 12 heteroatoms. The molecule has 12 nitrogen and oxygen atoms in total. The van der Waals surface area contributed by atoms with Crippen LogP contribution in [0.15, 0.2) is 74.4 Å². The monoisotopic (exact) mass is 486 g/mol. The average molecular weight is 486 g/mol. The molecule has 3 heterocycles. The summed E-state index contributed by atoms with van der Waals surface area (Å²) in [4.78, 5) is 45.5. The highest BCUT2D eigenvalue weighted by atomic mass is 16.3. The van der Waals surface area contributed by atoms with Gasteiger partial charge in [0, 0.05) is 26.0 Å². The van der Waals surface area contributed by atoms with E-state index >= 15 is 0 Å². The molecular weight excluding hydrogens is 464 g/mol. The third kappa shape index (κ3) is 3.94. The summed E-state index contributed by atoms with van der Waals surface area (Å²) < 4.78 is 3.59. The number of aryl methyl sites for hydroxylation is 1. The van der Waals surface area contributed by atoms with Crippen LogP contribution in [0.4, 0.5) is 11.6 Å². The van der Waals surface area contributed by atoms with Crippen LogP contribution in [0.2, 0.25) is 0 Å². The first-order valence-electron chi connectivity index (χ1n) is 11.0. The fourth-order valence-corrected chi connectivity index (χ4v) is 4.00. The van der Waals surface area contributed by atoms with Gasteiger partial charge in [0.15, 0.2) is 16.9 Å². The lowest BCUT2D eigenvalue weighted by Crippen LogP contribution is -2.37. The van der Waals surface area contributed by atoms with Crippen LogP contribution in [0.3, 0.4) is 0 Å². The van der Waals surface area contributed by atoms with Gasteiger partial charge in [0.05, 0.1) is 5.52 Å². The van der Waals surface area contributed by atoms with Gasteiger partial charge in [-0.15, -0.1) is 10.2 Å². The lowest BCUT2D eigenvalue weighted by molar-refractivity contribution is -0.118. The molecule has 2 aromatic carbocycles. The standard InChI is InChI=1S/C24H22N8O4/c1-30-20-19(22(35)31(2)24(30)36)32(23(27-20)25-12-14-8-4-3-5-9-14)13-17(33)28-29-18-15-10-6-7-11-16(15)26-21(18)34/h3-11,26,34H,12-13H2,1-2H3,(H,25,27). The maximum atomic E-state index is 13.0. The summed E-state index contributed by atoms with van der Waals surface area (Å²) in [7, 11) is 2.86. The molecular formula is C24H22N8O4. The Labute approximate surface area is 203 Å². The number of imidazole rings is 1. The number of aromatic amines is 1. The van der Waals surface area contributed by atoms with Crippen molar-refractivity contribution in [2.45, 2.75) is 13.1 Å². The fourth-order valence-electron chi connectivity index (χ4n) is 4.00. The Kier molecular flexibility index (Phi) is 5.68. The van der Waals surface area contributed by atoms with Crippen molar-refractivity contribution in [3.8, 4) is 5.88 Å².